The van der Waals surface area contributed by atoms with Crippen molar-refractivity contribution in [3.8, 4) is 0 Å². The predicted octanol–water partition coefficient (Wildman–Crippen LogP) is 4.08. The molecule has 1 N–H and O–H groups in total. The summed E-state index contributed by atoms with van der Waals surface area (Å²) in [7, 11) is 0. The van der Waals surface area contributed by atoms with Crippen molar-refractivity contribution in [1.82, 2.24) is 5.32 Å². The normalized spacial score (nSPS) is 15.8. The molecule has 92 valence electrons. The molecule has 1 nitrogen and oxygen atoms in total. The summed E-state index contributed by atoms with van der Waals surface area (Å²) in [5.41, 5.74) is 0.642. The van der Waals surface area contributed by atoms with Crippen LogP contribution in [0, 0.1) is 17.3 Å². The highest BCUT2D eigenvalue weighted by molar-refractivity contribution is 4.80. The van der Waals surface area contributed by atoms with Crippen molar-refractivity contribution in [3.63, 3.8) is 0 Å². The molecule has 0 radical (unpaired) electrons. The van der Waals surface area contributed by atoms with E-state index in [2.05, 4.69) is 60.7 Å². The highest BCUT2D eigenvalue weighted by Gasteiger charge is 2.26. The van der Waals surface area contributed by atoms with E-state index in [0.717, 1.165) is 18.4 Å². The van der Waals surface area contributed by atoms with Crippen molar-refractivity contribution >= 4 is 0 Å². The minimum atomic E-state index is 0.237. The Morgan fingerprint density at radius 3 is 1.67 bits per heavy atom. The minimum absolute atomic E-state index is 0.237. The molecule has 1 atom stereocenters. The first kappa shape index (κ1) is 15.0. The van der Waals surface area contributed by atoms with E-state index in [1.165, 1.54) is 6.42 Å². The van der Waals surface area contributed by atoms with Crippen molar-refractivity contribution in [3.05, 3.63) is 0 Å². The molecule has 0 saturated carbocycles. The largest absolute Gasteiger partial charge is 0.312 e. The quantitative estimate of drug-likeness (QED) is 0.742. The lowest BCUT2D eigenvalue weighted by Crippen LogP contribution is -2.42. The van der Waals surface area contributed by atoms with Crippen LogP contribution in [0.15, 0.2) is 0 Å². The van der Waals surface area contributed by atoms with E-state index in [4.69, 9.17) is 0 Å². The fourth-order valence-electron chi connectivity index (χ4n) is 1.74. The summed E-state index contributed by atoms with van der Waals surface area (Å²) in [5.74, 6) is 1.55. The van der Waals surface area contributed by atoms with Crippen LogP contribution in [0.2, 0.25) is 0 Å². The molecule has 15 heavy (non-hydrogen) atoms. The molecule has 0 aliphatic rings. The fourth-order valence-corrected chi connectivity index (χ4v) is 1.74. The lowest BCUT2D eigenvalue weighted by Gasteiger charge is -2.35. The van der Waals surface area contributed by atoms with E-state index < -0.39 is 0 Å². The molecular formula is C14H31N. The lowest BCUT2D eigenvalue weighted by atomic mass is 9.76. The molecule has 0 aliphatic carbocycles. The Labute approximate surface area is 97.0 Å². The first-order valence-corrected chi connectivity index (χ1v) is 6.27. The van der Waals surface area contributed by atoms with Gasteiger partial charge in [0.25, 0.3) is 0 Å². The van der Waals surface area contributed by atoms with Gasteiger partial charge in [-0.1, -0.05) is 34.6 Å². The molecule has 0 heterocycles. The smallest absolute Gasteiger partial charge is 0.00966 e. The van der Waals surface area contributed by atoms with Gasteiger partial charge in [-0.2, -0.15) is 0 Å². The Morgan fingerprint density at radius 2 is 1.40 bits per heavy atom. The van der Waals surface area contributed by atoms with Crippen molar-refractivity contribution < 1.29 is 0 Å². The SMILES string of the molecule is CC(C)CC(CNC(C)(C)C)C(C)(C)C. The number of hydrogen-bond acceptors (Lipinski definition) is 1. The van der Waals surface area contributed by atoms with Crippen LogP contribution in [0.1, 0.15) is 61.8 Å². The summed E-state index contributed by atoms with van der Waals surface area (Å²) in [6.45, 7) is 19.5. The highest BCUT2D eigenvalue weighted by Crippen LogP contribution is 2.31. The van der Waals surface area contributed by atoms with Crippen LogP contribution in [0.4, 0.5) is 0 Å². The summed E-state index contributed by atoms with van der Waals surface area (Å²) in [6.07, 6.45) is 1.31. The van der Waals surface area contributed by atoms with E-state index in [0.29, 0.717) is 5.41 Å². The first-order chi connectivity index (χ1) is 6.52. The summed E-state index contributed by atoms with van der Waals surface area (Å²) in [6, 6.07) is 0. The summed E-state index contributed by atoms with van der Waals surface area (Å²) in [4.78, 5) is 0. The average molecular weight is 213 g/mol. The zero-order chi connectivity index (χ0) is 12.3. The Bertz CT molecular complexity index is 169. The van der Waals surface area contributed by atoms with Gasteiger partial charge >= 0.3 is 0 Å². The van der Waals surface area contributed by atoms with Gasteiger partial charge in [-0.3, -0.25) is 0 Å². The van der Waals surface area contributed by atoms with Gasteiger partial charge in [-0.05, 0) is 51.0 Å². The van der Waals surface area contributed by atoms with E-state index >= 15 is 0 Å². The highest BCUT2D eigenvalue weighted by atomic mass is 14.9. The second kappa shape index (κ2) is 5.34. The first-order valence-electron chi connectivity index (χ1n) is 6.27. The molecule has 0 spiro atoms. The van der Waals surface area contributed by atoms with Crippen molar-refractivity contribution in [2.75, 3.05) is 6.54 Å². The zero-order valence-electron chi connectivity index (χ0n) is 12.1. The summed E-state index contributed by atoms with van der Waals surface area (Å²) in [5, 5.41) is 3.63. The Hall–Kier alpha value is -0.0400. The van der Waals surface area contributed by atoms with Gasteiger partial charge < -0.3 is 5.32 Å². The Morgan fingerprint density at radius 1 is 0.933 bits per heavy atom. The van der Waals surface area contributed by atoms with E-state index in [9.17, 15) is 0 Å². The van der Waals surface area contributed by atoms with Gasteiger partial charge in [0.1, 0.15) is 0 Å². The van der Waals surface area contributed by atoms with Gasteiger partial charge in [0, 0.05) is 5.54 Å². The van der Waals surface area contributed by atoms with Crippen LogP contribution < -0.4 is 5.32 Å². The fraction of sp³-hybridized carbons (Fsp3) is 1.00. The molecule has 0 aromatic heterocycles. The molecule has 1 heteroatoms. The van der Waals surface area contributed by atoms with E-state index in [1.54, 1.807) is 0 Å². The van der Waals surface area contributed by atoms with Crippen LogP contribution in [0.25, 0.3) is 0 Å². The van der Waals surface area contributed by atoms with Gasteiger partial charge in [0.2, 0.25) is 0 Å². The lowest BCUT2D eigenvalue weighted by molar-refractivity contribution is 0.185. The standard InChI is InChI=1S/C14H31N/c1-11(2)9-12(13(3,4)5)10-15-14(6,7)8/h11-12,15H,9-10H2,1-8H3. The monoisotopic (exact) mass is 213 g/mol. The molecular weight excluding hydrogens is 182 g/mol. The Balaban J connectivity index is 4.27. The molecule has 0 bridgehead atoms. The third-order valence-corrected chi connectivity index (χ3v) is 2.86. The van der Waals surface area contributed by atoms with Gasteiger partial charge in [0.15, 0.2) is 0 Å². The molecule has 0 amide bonds. The minimum Gasteiger partial charge on any atom is -0.312 e. The van der Waals surface area contributed by atoms with E-state index in [1.807, 2.05) is 0 Å². The molecule has 1 unspecified atom stereocenters. The molecule has 0 rings (SSSR count). The molecule has 0 fully saturated rings. The van der Waals surface area contributed by atoms with Crippen LogP contribution >= 0.6 is 0 Å². The second-order valence-corrected chi connectivity index (χ2v) is 7.32. The number of rotatable bonds is 4. The zero-order valence-corrected chi connectivity index (χ0v) is 12.1. The predicted molar refractivity (Wildman–Crippen MR) is 70.2 cm³/mol. The third kappa shape index (κ3) is 7.84. The van der Waals surface area contributed by atoms with Gasteiger partial charge in [-0.15, -0.1) is 0 Å². The van der Waals surface area contributed by atoms with Crippen LogP contribution in [0.3, 0.4) is 0 Å². The van der Waals surface area contributed by atoms with Crippen LogP contribution in [-0.2, 0) is 0 Å². The maximum Gasteiger partial charge on any atom is 0.00966 e. The van der Waals surface area contributed by atoms with Crippen molar-refractivity contribution in [2.45, 2.75) is 67.3 Å². The van der Waals surface area contributed by atoms with E-state index in [-0.39, 0.29) is 5.54 Å². The van der Waals surface area contributed by atoms with Gasteiger partial charge in [0.05, 0.1) is 0 Å². The molecule has 0 aliphatic heterocycles. The number of hydrogen-bond donors (Lipinski definition) is 1. The Kier molecular flexibility index (Phi) is 5.32. The molecule has 0 aromatic carbocycles. The molecule has 0 saturated heterocycles. The number of nitrogens with one attached hydrogen (secondary N) is 1. The second-order valence-electron chi connectivity index (χ2n) is 7.32. The average Bonchev–Trinajstić information content (AvgIpc) is 1.93. The van der Waals surface area contributed by atoms with Gasteiger partial charge in [-0.25, -0.2) is 0 Å². The summed E-state index contributed by atoms with van der Waals surface area (Å²) >= 11 is 0. The maximum absolute atomic E-state index is 3.63. The topological polar surface area (TPSA) is 12.0 Å². The molecule has 0 aromatic rings. The van der Waals surface area contributed by atoms with Crippen LogP contribution in [-0.4, -0.2) is 12.1 Å². The van der Waals surface area contributed by atoms with Crippen LogP contribution in [0.5, 0.6) is 0 Å². The van der Waals surface area contributed by atoms with Crippen molar-refractivity contribution in [1.29, 1.82) is 0 Å². The summed E-state index contributed by atoms with van der Waals surface area (Å²) < 4.78 is 0. The third-order valence-electron chi connectivity index (χ3n) is 2.86. The van der Waals surface area contributed by atoms with Crippen molar-refractivity contribution in [2.24, 2.45) is 17.3 Å². The maximum atomic E-state index is 3.63.